The van der Waals surface area contributed by atoms with Crippen LogP contribution in [0.4, 0.5) is 5.69 Å². The second-order valence-corrected chi connectivity index (χ2v) is 5.02. The lowest BCUT2D eigenvalue weighted by Gasteiger charge is -2.08. The summed E-state index contributed by atoms with van der Waals surface area (Å²) in [6.07, 6.45) is 0. The average Bonchev–Trinajstić information content (AvgIpc) is 2.49. The van der Waals surface area contributed by atoms with E-state index in [1.807, 2.05) is 66.7 Å². The lowest BCUT2D eigenvalue weighted by atomic mass is 10.1. The molecule has 0 fully saturated rings. The number of hydrogen-bond acceptors (Lipinski definition) is 2. The molecule has 0 aliphatic carbocycles. The Balaban J connectivity index is 1.91. The number of rotatable bonds is 2. The number of carbonyl (C=O) groups is 1. The predicted molar refractivity (Wildman–Crippen MR) is 85.6 cm³/mol. The van der Waals surface area contributed by atoms with E-state index in [-0.39, 0.29) is 5.91 Å². The molecule has 3 rings (SSSR count). The third kappa shape index (κ3) is 2.53. The third-order valence-corrected chi connectivity index (χ3v) is 3.55. The van der Waals surface area contributed by atoms with Crippen molar-refractivity contribution in [3.05, 3.63) is 72.3 Å². The minimum Gasteiger partial charge on any atom is -0.321 e. The van der Waals surface area contributed by atoms with Crippen LogP contribution in [0.5, 0.6) is 0 Å². The number of thiol groups is 1. The smallest absolute Gasteiger partial charge is 0.255 e. The minimum atomic E-state index is -0.128. The normalized spacial score (nSPS) is 10.4. The van der Waals surface area contributed by atoms with Crippen molar-refractivity contribution in [3.8, 4) is 0 Å². The van der Waals surface area contributed by atoms with Gasteiger partial charge in [0, 0.05) is 10.5 Å². The van der Waals surface area contributed by atoms with Gasteiger partial charge in [0.15, 0.2) is 0 Å². The summed E-state index contributed by atoms with van der Waals surface area (Å²) in [6.45, 7) is 0. The van der Waals surface area contributed by atoms with Gasteiger partial charge in [-0.1, -0.05) is 42.5 Å². The van der Waals surface area contributed by atoms with Crippen molar-refractivity contribution in [1.82, 2.24) is 0 Å². The van der Waals surface area contributed by atoms with Gasteiger partial charge in [-0.25, -0.2) is 0 Å². The molecular formula is C17H13NOS. The number of amides is 1. The zero-order valence-electron chi connectivity index (χ0n) is 10.7. The Morgan fingerprint density at radius 3 is 2.35 bits per heavy atom. The highest BCUT2D eigenvalue weighted by molar-refractivity contribution is 7.80. The summed E-state index contributed by atoms with van der Waals surface area (Å²) >= 11 is 4.33. The number of nitrogens with one attached hydrogen (secondary N) is 1. The van der Waals surface area contributed by atoms with Crippen molar-refractivity contribution >= 4 is 35.0 Å². The summed E-state index contributed by atoms with van der Waals surface area (Å²) < 4.78 is 0. The summed E-state index contributed by atoms with van der Waals surface area (Å²) in [5.41, 5.74) is 1.36. The van der Waals surface area contributed by atoms with E-state index in [0.29, 0.717) is 11.3 Å². The van der Waals surface area contributed by atoms with Gasteiger partial charge in [-0.3, -0.25) is 4.79 Å². The molecule has 3 aromatic carbocycles. The Morgan fingerprint density at radius 1 is 0.850 bits per heavy atom. The van der Waals surface area contributed by atoms with Gasteiger partial charge in [-0.15, -0.1) is 12.6 Å². The van der Waals surface area contributed by atoms with E-state index in [4.69, 9.17) is 0 Å². The molecule has 2 nitrogen and oxygen atoms in total. The van der Waals surface area contributed by atoms with Crippen molar-refractivity contribution in [1.29, 1.82) is 0 Å². The monoisotopic (exact) mass is 279 g/mol. The molecule has 0 saturated carbocycles. The fourth-order valence-corrected chi connectivity index (χ4v) is 2.32. The summed E-state index contributed by atoms with van der Waals surface area (Å²) in [5, 5.41) is 5.05. The number of carbonyl (C=O) groups excluding carboxylic acids is 1. The quantitative estimate of drug-likeness (QED) is 0.670. The molecule has 0 spiro atoms. The van der Waals surface area contributed by atoms with E-state index in [0.717, 1.165) is 15.7 Å². The van der Waals surface area contributed by atoms with Gasteiger partial charge in [0.2, 0.25) is 0 Å². The lowest BCUT2D eigenvalue weighted by molar-refractivity contribution is 0.102. The molecule has 1 N–H and O–H groups in total. The topological polar surface area (TPSA) is 29.1 Å². The molecule has 0 unspecified atom stereocenters. The number of benzene rings is 3. The second kappa shape index (κ2) is 5.39. The van der Waals surface area contributed by atoms with Crippen LogP contribution in [0, 0.1) is 0 Å². The molecule has 0 bridgehead atoms. The van der Waals surface area contributed by atoms with Crippen LogP contribution in [0.15, 0.2) is 71.6 Å². The van der Waals surface area contributed by atoms with Crippen LogP contribution >= 0.6 is 12.6 Å². The van der Waals surface area contributed by atoms with Crippen molar-refractivity contribution in [2.24, 2.45) is 0 Å². The SMILES string of the molecule is O=C(Nc1ccccc1S)c1ccc2ccccc2c1. The Labute approximate surface area is 122 Å². The largest absolute Gasteiger partial charge is 0.321 e. The van der Waals surface area contributed by atoms with Crippen LogP contribution in [0.1, 0.15) is 10.4 Å². The second-order valence-electron chi connectivity index (χ2n) is 4.53. The predicted octanol–water partition coefficient (Wildman–Crippen LogP) is 4.38. The molecule has 0 aliphatic rings. The van der Waals surface area contributed by atoms with Crippen molar-refractivity contribution in [2.45, 2.75) is 4.90 Å². The van der Waals surface area contributed by atoms with E-state index in [1.54, 1.807) is 0 Å². The maximum atomic E-state index is 12.3. The number of para-hydroxylation sites is 1. The highest BCUT2D eigenvalue weighted by Gasteiger charge is 2.08. The van der Waals surface area contributed by atoms with Crippen LogP contribution in [-0.2, 0) is 0 Å². The Bertz CT molecular complexity index is 783. The first kappa shape index (κ1) is 12.8. The van der Waals surface area contributed by atoms with E-state index in [9.17, 15) is 4.79 Å². The number of hydrogen-bond donors (Lipinski definition) is 2. The van der Waals surface area contributed by atoms with Gasteiger partial charge in [0.1, 0.15) is 0 Å². The molecule has 0 aromatic heterocycles. The summed E-state index contributed by atoms with van der Waals surface area (Å²) in [5.74, 6) is -0.128. The Morgan fingerprint density at radius 2 is 1.55 bits per heavy atom. The van der Waals surface area contributed by atoms with E-state index < -0.39 is 0 Å². The highest BCUT2D eigenvalue weighted by atomic mass is 32.1. The molecule has 1 amide bonds. The van der Waals surface area contributed by atoms with Crippen molar-refractivity contribution in [2.75, 3.05) is 5.32 Å². The highest BCUT2D eigenvalue weighted by Crippen LogP contribution is 2.21. The average molecular weight is 279 g/mol. The lowest BCUT2D eigenvalue weighted by Crippen LogP contribution is -2.12. The zero-order chi connectivity index (χ0) is 13.9. The Kier molecular flexibility index (Phi) is 3.44. The van der Waals surface area contributed by atoms with Gasteiger partial charge in [-0.2, -0.15) is 0 Å². The van der Waals surface area contributed by atoms with Gasteiger partial charge < -0.3 is 5.32 Å². The maximum absolute atomic E-state index is 12.3. The summed E-state index contributed by atoms with van der Waals surface area (Å²) in [6, 6.07) is 21.1. The molecule has 0 aliphatic heterocycles. The molecular weight excluding hydrogens is 266 g/mol. The van der Waals surface area contributed by atoms with Gasteiger partial charge in [-0.05, 0) is 35.0 Å². The third-order valence-electron chi connectivity index (χ3n) is 3.16. The van der Waals surface area contributed by atoms with E-state index >= 15 is 0 Å². The first-order valence-corrected chi connectivity index (χ1v) is 6.77. The maximum Gasteiger partial charge on any atom is 0.255 e. The van der Waals surface area contributed by atoms with Crippen LogP contribution in [0.2, 0.25) is 0 Å². The fourth-order valence-electron chi connectivity index (χ4n) is 2.10. The minimum absolute atomic E-state index is 0.128. The number of fused-ring (bicyclic) bond motifs is 1. The molecule has 0 saturated heterocycles. The van der Waals surface area contributed by atoms with E-state index in [2.05, 4.69) is 17.9 Å². The Hall–Kier alpha value is -2.26. The van der Waals surface area contributed by atoms with Crippen molar-refractivity contribution in [3.63, 3.8) is 0 Å². The van der Waals surface area contributed by atoms with Crippen molar-refractivity contribution < 1.29 is 4.79 Å². The van der Waals surface area contributed by atoms with Crippen LogP contribution < -0.4 is 5.32 Å². The van der Waals surface area contributed by atoms with Crippen LogP contribution in [0.25, 0.3) is 10.8 Å². The van der Waals surface area contributed by atoms with Crippen LogP contribution in [-0.4, -0.2) is 5.91 Å². The molecule has 3 aromatic rings. The van der Waals surface area contributed by atoms with Crippen LogP contribution in [0.3, 0.4) is 0 Å². The molecule has 3 heteroatoms. The molecule has 0 atom stereocenters. The van der Waals surface area contributed by atoms with E-state index in [1.165, 1.54) is 0 Å². The van der Waals surface area contributed by atoms with Gasteiger partial charge in [0.05, 0.1) is 5.69 Å². The van der Waals surface area contributed by atoms with Gasteiger partial charge >= 0.3 is 0 Å². The summed E-state index contributed by atoms with van der Waals surface area (Å²) in [4.78, 5) is 13.0. The van der Waals surface area contributed by atoms with Gasteiger partial charge in [0.25, 0.3) is 5.91 Å². The zero-order valence-corrected chi connectivity index (χ0v) is 11.6. The molecule has 98 valence electrons. The first-order chi connectivity index (χ1) is 9.74. The molecule has 20 heavy (non-hydrogen) atoms. The fraction of sp³-hybridized carbons (Fsp3) is 0. The molecule has 0 radical (unpaired) electrons. The summed E-state index contributed by atoms with van der Waals surface area (Å²) in [7, 11) is 0. The first-order valence-electron chi connectivity index (χ1n) is 6.32. The standard InChI is InChI=1S/C17H13NOS/c19-17(18-15-7-3-4-8-16(15)20)14-10-9-12-5-1-2-6-13(12)11-14/h1-11,20H,(H,18,19). The molecule has 0 heterocycles. The number of anilines is 1.